The maximum absolute atomic E-state index is 13.1. The number of carboxylic acids is 1. The highest BCUT2D eigenvalue weighted by atomic mass is 19.1. The van der Waals surface area contributed by atoms with E-state index in [9.17, 15) is 18.7 Å². The van der Waals surface area contributed by atoms with Crippen LogP contribution in [0.2, 0.25) is 0 Å². The summed E-state index contributed by atoms with van der Waals surface area (Å²) >= 11 is 0. The van der Waals surface area contributed by atoms with Crippen LogP contribution in [0.1, 0.15) is 25.7 Å². The Kier molecular flexibility index (Phi) is 3.57. The van der Waals surface area contributed by atoms with E-state index in [1.807, 2.05) is 0 Å². The van der Waals surface area contributed by atoms with Crippen molar-refractivity contribution in [3.63, 3.8) is 0 Å². The molecular weight excluding hydrogens is 280 g/mol. The molecule has 1 aromatic rings. The van der Waals surface area contributed by atoms with Crippen LogP contribution in [0.4, 0.5) is 8.78 Å². The second-order valence-electron chi connectivity index (χ2n) is 5.86. The molecule has 1 atom stereocenters. The first-order chi connectivity index (χ1) is 9.99. The molecule has 2 fully saturated rings. The topological polar surface area (TPSA) is 58.6 Å². The number of aliphatic carboxylic acids is 1. The molecule has 21 heavy (non-hydrogen) atoms. The Bertz CT molecular complexity index is 538. The molecule has 0 radical (unpaired) electrons. The van der Waals surface area contributed by atoms with E-state index >= 15 is 0 Å². The average molecular weight is 297 g/mol. The molecule has 2 aliphatic rings. The molecule has 3 rings (SSSR count). The van der Waals surface area contributed by atoms with Crippen LogP contribution in [0.3, 0.4) is 0 Å². The third-order valence-electron chi connectivity index (χ3n) is 4.00. The van der Waals surface area contributed by atoms with Gasteiger partial charge < -0.3 is 9.84 Å². The molecule has 114 valence electrons. The molecule has 0 aliphatic heterocycles. The molecule has 2 saturated carbocycles. The van der Waals surface area contributed by atoms with Crippen LogP contribution < -0.4 is 10.1 Å². The van der Waals surface area contributed by atoms with E-state index in [-0.39, 0.29) is 24.3 Å². The fraction of sp³-hybridized carbons (Fsp3) is 0.533. The van der Waals surface area contributed by atoms with Crippen LogP contribution in [-0.2, 0) is 4.79 Å². The minimum Gasteiger partial charge on any atom is -0.491 e. The zero-order valence-electron chi connectivity index (χ0n) is 11.4. The molecule has 1 aromatic carbocycles. The van der Waals surface area contributed by atoms with Gasteiger partial charge in [0.2, 0.25) is 0 Å². The van der Waals surface area contributed by atoms with E-state index < -0.39 is 23.1 Å². The molecule has 2 N–H and O–H groups in total. The van der Waals surface area contributed by atoms with E-state index in [1.165, 1.54) is 0 Å². The maximum atomic E-state index is 13.1. The SMILES string of the molecule is O=C(O)C(COc1cc(F)cc(F)c1)(NC1CC1)C1CC1. The predicted molar refractivity (Wildman–Crippen MR) is 71.1 cm³/mol. The van der Waals surface area contributed by atoms with Gasteiger partial charge in [-0.05, 0) is 31.6 Å². The van der Waals surface area contributed by atoms with Crippen LogP contribution in [0.15, 0.2) is 18.2 Å². The fourth-order valence-electron chi connectivity index (χ4n) is 2.55. The molecule has 0 saturated heterocycles. The smallest absolute Gasteiger partial charge is 0.327 e. The largest absolute Gasteiger partial charge is 0.491 e. The van der Waals surface area contributed by atoms with Gasteiger partial charge in [-0.15, -0.1) is 0 Å². The third kappa shape index (κ3) is 3.15. The molecular formula is C15H17F2NO3. The number of rotatable bonds is 7. The van der Waals surface area contributed by atoms with Crippen molar-refractivity contribution in [2.24, 2.45) is 5.92 Å². The summed E-state index contributed by atoms with van der Waals surface area (Å²) in [6.45, 7) is -0.133. The average Bonchev–Trinajstić information content (AvgIpc) is 3.24. The molecule has 2 aliphatic carbocycles. The Morgan fingerprint density at radius 2 is 1.86 bits per heavy atom. The minimum absolute atomic E-state index is 0.00834. The van der Waals surface area contributed by atoms with Gasteiger partial charge in [0.05, 0.1) is 0 Å². The second-order valence-corrected chi connectivity index (χ2v) is 5.86. The molecule has 6 heteroatoms. The summed E-state index contributed by atoms with van der Waals surface area (Å²) in [5.41, 5.74) is -1.16. The van der Waals surface area contributed by atoms with Gasteiger partial charge in [0.25, 0.3) is 0 Å². The number of carbonyl (C=O) groups is 1. The first kappa shape index (κ1) is 14.3. The van der Waals surface area contributed by atoms with Gasteiger partial charge in [-0.3, -0.25) is 10.1 Å². The Morgan fingerprint density at radius 3 is 2.33 bits per heavy atom. The van der Waals surface area contributed by atoms with Crippen molar-refractivity contribution >= 4 is 5.97 Å². The zero-order valence-corrected chi connectivity index (χ0v) is 11.4. The monoisotopic (exact) mass is 297 g/mol. The van der Waals surface area contributed by atoms with Gasteiger partial charge in [-0.2, -0.15) is 0 Å². The quantitative estimate of drug-likeness (QED) is 0.811. The van der Waals surface area contributed by atoms with Gasteiger partial charge in [-0.25, -0.2) is 8.78 Å². The second kappa shape index (κ2) is 5.26. The molecule has 0 aromatic heterocycles. The van der Waals surface area contributed by atoms with Crippen molar-refractivity contribution in [3.8, 4) is 5.75 Å². The van der Waals surface area contributed by atoms with Gasteiger partial charge in [0, 0.05) is 24.2 Å². The lowest BCUT2D eigenvalue weighted by atomic mass is 9.94. The van der Waals surface area contributed by atoms with Crippen molar-refractivity contribution in [3.05, 3.63) is 29.8 Å². The van der Waals surface area contributed by atoms with Crippen molar-refractivity contribution in [2.45, 2.75) is 37.3 Å². The van der Waals surface area contributed by atoms with E-state index in [4.69, 9.17) is 4.74 Å². The number of hydrogen-bond acceptors (Lipinski definition) is 3. The Hall–Kier alpha value is -1.69. The summed E-state index contributed by atoms with van der Waals surface area (Å²) in [5.74, 6) is -2.43. The predicted octanol–water partition coefficient (Wildman–Crippen LogP) is 2.33. The first-order valence-corrected chi connectivity index (χ1v) is 7.09. The van der Waals surface area contributed by atoms with Crippen LogP contribution in [0, 0.1) is 17.6 Å². The fourth-order valence-corrected chi connectivity index (χ4v) is 2.55. The Balaban J connectivity index is 1.75. The summed E-state index contributed by atoms with van der Waals surface area (Å²) in [6.07, 6.45) is 3.56. The summed E-state index contributed by atoms with van der Waals surface area (Å²) in [5, 5.41) is 12.8. The van der Waals surface area contributed by atoms with Crippen molar-refractivity contribution in [1.82, 2.24) is 5.32 Å². The Morgan fingerprint density at radius 1 is 1.24 bits per heavy atom. The number of hydrogen-bond donors (Lipinski definition) is 2. The van der Waals surface area contributed by atoms with Crippen LogP contribution >= 0.6 is 0 Å². The molecule has 0 bridgehead atoms. The van der Waals surface area contributed by atoms with Crippen molar-refractivity contribution in [2.75, 3.05) is 6.61 Å². The van der Waals surface area contributed by atoms with E-state index in [2.05, 4.69) is 5.32 Å². The lowest BCUT2D eigenvalue weighted by molar-refractivity contribution is -0.147. The van der Waals surface area contributed by atoms with Gasteiger partial charge in [0.1, 0.15) is 24.0 Å². The summed E-state index contributed by atoms with van der Waals surface area (Å²) in [4.78, 5) is 11.7. The molecule has 0 spiro atoms. The molecule has 0 heterocycles. The van der Waals surface area contributed by atoms with E-state index in [0.29, 0.717) is 0 Å². The van der Waals surface area contributed by atoms with Crippen molar-refractivity contribution < 1.29 is 23.4 Å². The van der Waals surface area contributed by atoms with Gasteiger partial charge >= 0.3 is 5.97 Å². The van der Waals surface area contributed by atoms with Gasteiger partial charge in [0.15, 0.2) is 5.54 Å². The van der Waals surface area contributed by atoms with Crippen LogP contribution in [-0.4, -0.2) is 29.3 Å². The minimum atomic E-state index is -1.16. The number of ether oxygens (including phenoxy) is 1. The third-order valence-corrected chi connectivity index (χ3v) is 4.00. The van der Waals surface area contributed by atoms with Gasteiger partial charge in [-0.1, -0.05) is 0 Å². The van der Waals surface area contributed by atoms with E-state index in [1.54, 1.807) is 0 Å². The molecule has 0 amide bonds. The lowest BCUT2D eigenvalue weighted by Crippen LogP contribution is -2.59. The summed E-state index contributed by atoms with van der Waals surface area (Å²) in [7, 11) is 0. The molecule has 4 nitrogen and oxygen atoms in total. The highest BCUT2D eigenvalue weighted by Crippen LogP contribution is 2.42. The lowest BCUT2D eigenvalue weighted by Gasteiger charge is -2.30. The van der Waals surface area contributed by atoms with Crippen LogP contribution in [0.5, 0.6) is 5.75 Å². The number of carboxylic acid groups (broad SMARTS) is 1. The van der Waals surface area contributed by atoms with E-state index in [0.717, 1.165) is 43.9 Å². The first-order valence-electron chi connectivity index (χ1n) is 7.09. The normalized spacial score (nSPS) is 20.9. The van der Waals surface area contributed by atoms with Crippen molar-refractivity contribution in [1.29, 1.82) is 0 Å². The van der Waals surface area contributed by atoms with Crippen LogP contribution in [0.25, 0.3) is 0 Å². The Labute approximate surface area is 121 Å². The highest BCUT2D eigenvalue weighted by Gasteiger charge is 2.54. The standard InChI is InChI=1S/C15H17F2NO3/c16-10-5-11(17)7-13(6-10)21-8-15(14(19)20,9-1-2-9)18-12-3-4-12/h5-7,9,12,18H,1-4,8H2,(H,19,20). The highest BCUT2D eigenvalue weighted by molar-refractivity contribution is 5.80. The summed E-state index contributed by atoms with van der Waals surface area (Å²) in [6, 6.07) is 3.06. The summed E-state index contributed by atoms with van der Waals surface area (Å²) < 4.78 is 31.7. The zero-order chi connectivity index (χ0) is 15.0. The number of halogens is 2. The number of benzene rings is 1. The maximum Gasteiger partial charge on any atom is 0.327 e. The number of nitrogens with one attached hydrogen (secondary N) is 1. The molecule has 1 unspecified atom stereocenters.